The Morgan fingerprint density at radius 1 is 0.684 bits per heavy atom. The van der Waals surface area contributed by atoms with E-state index in [-0.39, 0.29) is 94.2 Å². The number of hydrogen-bond acceptors (Lipinski definition) is 13. The van der Waals surface area contributed by atoms with Crippen LogP contribution < -0.4 is 15.4 Å². The van der Waals surface area contributed by atoms with Crippen LogP contribution in [0.25, 0.3) is 0 Å². The Morgan fingerprint density at radius 3 is 1.79 bits per heavy atom. The number of carboxylic acids is 1. The second-order valence-corrected chi connectivity index (χ2v) is 15.8. The van der Waals surface area contributed by atoms with Crippen LogP contribution in [0.3, 0.4) is 0 Å². The molecular formula is C39H61N5O12S. The van der Waals surface area contributed by atoms with Gasteiger partial charge < -0.3 is 39.4 Å². The van der Waals surface area contributed by atoms with E-state index in [1.54, 1.807) is 12.1 Å². The Balaban J connectivity index is 1.51. The number of carbonyl (C=O) groups is 4. The van der Waals surface area contributed by atoms with E-state index in [0.29, 0.717) is 6.42 Å². The SMILES string of the molecule is CC(C)(C)OC(=O)CCCCCCCCCCCc1ccc(S(=O)(=O)Nc2ncc(C(=O)NCCOCCOCC(=O)NCCOCCOCC(=O)O)cn2)cc1. The molecule has 2 amide bonds. The number of aromatic nitrogens is 2. The van der Waals surface area contributed by atoms with Gasteiger partial charge in [0, 0.05) is 31.9 Å². The lowest BCUT2D eigenvalue weighted by molar-refractivity contribution is -0.155. The molecule has 0 aliphatic heterocycles. The average molecular weight is 824 g/mol. The van der Waals surface area contributed by atoms with Gasteiger partial charge in [-0.25, -0.2) is 27.9 Å². The van der Waals surface area contributed by atoms with Crippen molar-refractivity contribution in [2.24, 2.45) is 0 Å². The number of hydrogen-bond donors (Lipinski definition) is 4. The van der Waals surface area contributed by atoms with E-state index in [0.717, 1.165) is 50.5 Å². The summed E-state index contributed by atoms with van der Waals surface area (Å²) in [6.45, 7) is 6.71. The number of carbonyl (C=O) groups excluding carboxylic acids is 3. The van der Waals surface area contributed by atoms with Gasteiger partial charge in [0.2, 0.25) is 11.9 Å². The molecule has 1 aromatic carbocycles. The highest BCUT2D eigenvalue weighted by Crippen LogP contribution is 2.17. The van der Waals surface area contributed by atoms with Crippen molar-refractivity contribution in [2.45, 2.75) is 102 Å². The summed E-state index contributed by atoms with van der Waals surface area (Å²) in [4.78, 5) is 54.3. The van der Waals surface area contributed by atoms with Crippen molar-refractivity contribution in [1.29, 1.82) is 0 Å². The molecule has 0 aliphatic rings. The van der Waals surface area contributed by atoms with Crippen molar-refractivity contribution in [3.05, 3.63) is 47.8 Å². The van der Waals surface area contributed by atoms with E-state index in [9.17, 15) is 27.6 Å². The molecule has 0 bridgehead atoms. The van der Waals surface area contributed by atoms with Gasteiger partial charge in [-0.15, -0.1) is 0 Å². The van der Waals surface area contributed by atoms with E-state index in [1.807, 2.05) is 32.9 Å². The fourth-order valence-corrected chi connectivity index (χ4v) is 6.12. The Hall–Kier alpha value is -4.23. The number of unbranched alkanes of at least 4 members (excludes halogenated alkanes) is 8. The van der Waals surface area contributed by atoms with Crippen LogP contribution >= 0.6 is 0 Å². The van der Waals surface area contributed by atoms with E-state index < -0.39 is 27.5 Å². The van der Waals surface area contributed by atoms with Gasteiger partial charge in [0.05, 0.1) is 50.1 Å². The number of aryl methyl sites for hydroxylation is 1. The Morgan fingerprint density at radius 2 is 1.21 bits per heavy atom. The molecule has 17 nitrogen and oxygen atoms in total. The maximum atomic E-state index is 12.9. The summed E-state index contributed by atoms with van der Waals surface area (Å²) in [7, 11) is -3.93. The molecule has 0 radical (unpaired) electrons. The monoisotopic (exact) mass is 823 g/mol. The zero-order chi connectivity index (χ0) is 41.8. The molecule has 0 spiro atoms. The summed E-state index contributed by atoms with van der Waals surface area (Å²) in [5, 5.41) is 13.7. The van der Waals surface area contributed by atoms with E-state index in [4.69, 9.17) is 28.8 Å². The number of rotatable bonds is 32. The van der Waals surface area contributed by atoms with E-state index in [2.05, 4.69) is 25.3 Å². The van der Waals surface area contributed by atoms with Crippen molar-refractivity contribution in [3.8, 4) is 0 Å². The van der Waals surface area contributed by atoms with Crippen LogP contribution in [0.1, 0.15) is 101 Å². The number of carboxylic acid groups (broad SMARTS) is 1. The van der Waals surface area contributed by atoms with Gasteiger partial charge >= 0.3 is 11.9 Å². The molecule has 18 heteroatoms. The second-order valence-electron chi connectivity index (χ2n) is 14.1. The summed E-state index contributed by atoms with van der Waals surface area (Å²) >= 11 is 0. The van der Waals surface area contributed by atoms with E-state index >= 15 is 0 Å². The Kier molecular flexibility index (Phi) is 24.2. The maximum Gasteiger partial charge on any atom is 0.329 e. The van der Waals surface area contributed by atoms with E-state index in [1.165, 1.54) is 31.7 Å². The Bertz CT molecular complexity index is 1570. The zero-order valence-electron chi connectivity index (χ0n) is 33.6. The van der Waals surface area contributed by atoms with Gasteiger partial charge in [-0.05, 0) is 57.7 Å². The van der Waals surface area contributed by atoms with Crippen molar-refractivity contribution in [1.82, 2.24) is 20.6 Å². The minimum absolute atomic E-state index is 0.0810. The number of nitrogens with one attached hydrogen (secondary N) is 3. The number of aliphatic carboxylic acids is 1. The lowest BCUT2D eigenvalue weighted by atomic mass is 10.0. The summed E-state index contributed by atoms with van der Waals surface area (Å²) < 4.78 is 54.2. The highest BCUT2D eigenvalue weighted by molar-refractivity contribution is 7.92. The number of esters is 1. The van der Waals surface area contributed by atoms with Gasteiger partial charge in [0.15, 0.2) is 0 Å². The van der Waals surface area contributed by atoms with Gasteiger partial charge in [-0.3, -0.25) is 14.4 Å². The molecule has 0 unspecified atom stereocenters. The quantitative estimate of drug-likeness (QED) is 0.0603. The van der Waals surface area contributed by atoms with Crippen LogP contribution in [0.2, 0.25) is 0 Å². The molecule has 2 aromatic rings. The topological polar surface area (TPSA) is 231 Å². The lowest BCUT2D eigenvalue weighted by Crippen LogP contribution is -2.31. The molecule has 0 aliphatic carbocycles. The van der Waals surface area contributed by atoms with Crippen LogP contribution in [0.15, 0.2) is 41.6 Å². The number of sulfonamides is 1. The number of amides is 2. The predicted octanol–water partition coefficient (Wildman–Crippen LogP) is 4.06. The van der Waals surface area contributed by atoms with Crippen LogP contribution in [0.5, 0.6) is 0 Å². The third-order valence-electron chi connectivity index (χ3n) is 7.94. The van der Waals surface area contributed by atoms with Crippen LogP contribution in [0, 0.1) is 0 Å². The van der Waals surface area contributed by atoms with Crippen molar-refractivity contribution in [3.63, 3.8) is 0 Å². The largest absolute Gasteiger partial charge is 0.480 e. The smallest absolute Gasteiger partial charge is 0.329 e. The molecular weight excluding hydrogens is 763 g/mol. The number of ether oxygens (including phenoxy) is 5. The first-order valence-corrected chi connectivity index (χ1v) is 21.0. The first-order valence-electron chi connectivity index (χ1n) is 19.5. The van der Waals surface area contributed by atoms with Gasteiger partial charge in [-0.2, -0.15) is 0 Å². The second kappa shape index (κ2) is 28.2. The highest BCUT2D eigenvalue weighted by atomic mass is 32.2. The maximum absolute atomic E-state index is 12.9. The molecule has 4 N–H and O–H groups in total. The standard InChI is InChI=1S/C39H61N5O12S/c1-39(2,3)56-36(48)14-12-10-8-6-4-5-7-9-11-13-31-15-17-33(18-16-31)57(50,51)44-38-42-27-32(28-43-38)37(49)41-20-22-53-23-25-54-29-34(45)40-19-21-52-24-26-55-30-35(46)47/h15-18,27-28H,4-14,19-26,29-30H2,1-3H3,(H,40,45)(H,41,49)(H,46,47)(H,42,43,44). The van der Waals surface area contributed by atoms with Crippen LogP contribution in [0.4, 0.5) is 5.95 Å². The van der Waals surface area contributed by atoms with Crippen LogP contribution in [-0.2, 0) is 54.5 Å². The summed E-state index contributed by atoms with van der Waals surface area (Å²) in [5.41, 5.74) is 0.775. The molecule has 0 saturated carbocycles. The summed E-state index contributed by atoms with van der Waals surface area (Å²) in [5.74, 6) is -2.13. The van der Waals surface area contributed by atoms with Gasteiger partial charge in [0.25, 0.3) is 15.9 Å². The molecule has 57 heavy (non-hydrogen) atoms. The fourth-order valence-electron chi connectivity index (χ4n) is 5.16. The molecule has 0 fully saturated rings. The summed E-state index contributed by atoms with van der Waals surface area (Å²) in [6.07, 6.45) is 13.7. The minimum Gasteiger partial charge on any atom is -0.480 e. The van der Waals surface area contributed by atoms with Crippen molar-refractivity contribution in [2.75, 3.05) is 70.7 Å². The third-order valence-corrected chi connectivity index (χ3v) is 9.29. The molecule has 0 atom stereocenters. The molecule has 0 saturated heterocycles. The van der Waals surface area contributed by atoms with Crippen molar-refractivity contribution < 1.29 is 56.4 Å². The molecule has 1 heterocycles. The Labute approximate surface area is 336 Å². The summed E-state index contributed by atoms with van der Waals surface area (Å²) in [6, 6.07) is 6.73. The van der Waals surface area contributed by atoms with Crippen LogP contribution in [-0.4, -0.2) is 119 Å². The number of benzene rings is 1. The molecule has 2 rings (SSSR count). The normalized spacial score (nSPS) is 11.6. The third kappa shape index (κ3) is 24.9. The first-order chi connectivity index (χ1) is 27.2. The van der Waals surface area contributed by atoms with Gasteiger partial charge in [0.1, 0.15) is 18.8 Å². The first kappa shape index (κ1) is 48.9. The molecule has 1 aromatic heterocycles. The average Bonchev–Trinajstić information content (AvgIpc) is 3.15. The number of anilines is 1. The fraction of sp³-hybridized carbons (Fsp3) is 0.641. The highest BCUT2D eigenvalue weighted by Gasteiger charge is 2.17. The van der Waals surface area contributed by atoms with Crippen molar-refractivity contribution >= 4 is 39.7 Å². The minimum atomic E-state index is -3.93. The van der Waals surface area contributed by atoms with Gasteiger partial charge in [-0.1, -0.05) is 57.1 Å². The number of nitrogens with zero attached hydrogens (tertiary/aromatic N) is 2. The molecule has 320 valence electrons. The predicted molar refractivity (Wildman–Crippen MR) is 211 cm³/mol. The lowest BCUT2D eigenvalue weighted by Gasteiger charge is -2.19. The zero-order valence-corrected chi connectivity index (χ0v) is 34.4.